The van der Waals surface area contributed by atoms with E-state index in [9.17, 15) is 15.8 Å². The predicted molar refractivity (Wildman–Crippen MR) is 98.4 cm³/mol. The van der Waals surface area contributed by atoms with Crippen molar-refractivity contribution in [3.63, 3.8) is 0 Å². The highest BCUT2D eigenvalue weighted by atomic mass is 35.5. The van der Waals surface area contributed by atoms with Crippen LogP contribution in [0.2, 0.25) is 5.02 Å². The van der Waals surface area contributed by atoms with Gasteiger partial charge in [-0.15, -0.1) is 0 Å². The molecule has 1 heterocycles. The zero-order valence-electron chi connectivity index (χ0n) is 14.4. The maximum atomic E-state index is 9.82. The van der Waals surface area contributed by atoms with Gasteiger partial charge in [0.05, 0.1) is 29.5 Å². The minimum atomic E-state index is -1.57. The monoisotopic (exact) mass is 363 g/mol. The molecular formula is C20H18ClN5. The standard InChI is InChI=1S/C20H18ClN5/c1-2-26-8-7-17-16(10-26)18(13-3-5-14(21)6-4-13)15(9-22)19(25)20(17,11-23)12-24/h3-7,16,18H,2,8,10,25H2,1H3. The highest BCUT2D eigenvalue weighted by molar-refractivity contribution is 6.30. The average Bonchev–Trinajstić information content (AvgIpc) is 2.68. The van der Waals surface area contributed by atoms with E-state index in [1.54, 1.807) is 12.1 Å². The largest absolute Gasteiger partial charge is 0.399 e. The van der Waals surface area contributed by atoms with Gasteiger partial charge >= 0.3 is 0 Å². The summed E-state index contributed by atoms with van der Waals surface area (Å²) in [6, 6.07) is 13.7. The SMILES string of the molecule is CCN1CC=C2C(C1)C(c1ccc(Cl)cc1)C(C#N)=C(N)C2(C#N)C#N. The Morgan fingerprint density at radius 3 is 2.42 bits per heavy atom. The Kier molecular flexibility index (Phi) is 4.75. The van der Waals surface area contributed by atoms with Crippen LogP contribution < -0.4 is 5.73 Å². The summed E-state index contributed by atoms with van der Waals surface area (Å²) in [5, 5.41) is 30.1. The number of likely N-dealkylation sites (N-methyl/N-ethyl adjacent to an activating group) is 1. The van der Waals surface area contributed by atoms with E-state index in [2.05, 4.69) is 30.0 Å². The molecule has 0 aromatic heterocycles. The van der Waals surface area contributed by atoms with Crippen molar-refractivity contribution in [3.05, 3.63) is 57.8 Å². The smallest absolute Gasteiger partial charge is 0.204 e. The van der Waals surface area contributed by atoms with Gasteiger partial charge in [0.15, 0.2) is 0 Å². The number of benzene rings is 1. The van der Waals surface area contributed by atoms with Gasteiger partial charge in [-0.25, -0.2) is 0 Å². The maximum Gasteiger partial charge on any atom is 0.204 e. The second-order valence-electron chi connectivity index (χ2n) is 6.56. The summed E-state index contributed by atoms with van der Waals surface area (Å²) in [5.74, 6) is -0.459. The number of rotatable bonds is 2. The van der Waals surface area contributed by atoms with Gasteiger partial charge in [0.25, 0.3) is 0 Å². The first kappa shape index (κ1) is 18.0. The molecule has 5 nitrogen and oxygen atoms in total. The third kappa shape index (κ3) is 2.56. The van der Waals surface area contributed by atoms with Crippen molar-refractivity contribution in [2.45, 2.75) is 12.8 Å². The molecule has 0 spiro atoms. The van der Waals surface area contributed by atoms with Crippen molar-refractivity contribution >= 4 is 11.6 Å². The van der Waals surface area contributed by atoms with E-state index in [0.29, 0.717) is 29.3 Å². The fraction of sp³-hybridized carbons (Fsp3) is 0.350. The molecule has 0 saturated heterocycles. The molecule has 2 N–H and O–H groups in total. The van der Waals surface area contributed by atoms with Crippen LogP contribution in [0.1, 0.15) is 18.4 Å². The van der Waals surface area contributed by atoms with Crippen LogP contribution in [-0.2, 0) is 0 Å². The molecule has 26 heavy (non-hydrogen) atoms. The van der Waals surface area contributed by atoms with Crippen LogP contribution in [0.4, 0.5) is 0 Å². The van der Waals surface area contributed by atoms with Gasteiger partial charge in [-0.2, -0.15) is 15.8 Å². The van der Waals surface area contributed by atoms with E-state index in [1.165, 1.54) is 0 Å². The lowest BCUT2D eigenvalue weighted by atomic mass is 9.60. The molecular weight excluding hydrogens is 346 g/mol. The van der Waals surface area contributed by atoms with Crippen LogP contribution >= 0.6 is 11.6 Å². The lowest BCUT2D eigenvalue weighted by Gasteiger charge is -2.45. The summed E-state index contributed by atoms with van der Waals surface area (Å²) in [6.45, 7) is 4.24. The molecule has 0 amide bonds. The van der Waals surface area contributed by atoms with Crippen molar-refractivity contribution in [2.24, 2.45) is 17.1 Å². The summed E-state index contributed by atoms with van der Waals surface area (Å²) < 4.78 is 0. The number of hydrogen-bond acceptors (Lipinski definition) is 5. The van der Waals surface area contributed by atoms with Crippen molar-refractivity contribution in [1.29, 1.82) is 15.8 Å². The van der Waals surface area contributed by atoms with Crippen LogP contribution in [0.5, 0.6) is 0 Å². The summed E-state index contributed by atoms with van der Waals surface area (Å²) in [6.07, 6.45) is 1.94. The summed E-state index contributed by atoms with van der Waals surface area (Å²) in [7, 11) is 0. The quantitative estimate of drug-likeness (QED) is 0.813. The first-order valence-corrected chi connectivity index (χ1v) is 8.81. The molecule has 0 saturated carbocycles. The minimum Gasteiger partial charge on any atom is -0.399 e. The van der Waals surface area contributed by atoms with Crippen LogP contribution in [0, 0.1) is 45.3 Å². The molecule has 1 aromatic rings. The predicted octanol–water partition coefficient (Wildman–Crippen LogP) is 3.09. The lowest BCUT2D eigenvalue weighted by molar-refractivity contribution is 0.234. The lowest BCUT2D eigenvalue weighted by Crippen LogP contribution is -2.47. The number of halogens is 1. The van der Waals surface area contributed by atoms with Crippen LogP contribution in [0.3, 0.4) is 0 Å². The molecule has 0 fully saturated rings. The third-order valence-electron chi connectivity index (χ3n) is 5.40. The molecule has 0 radical (unpaired) electrons. The highest BCUT2D eigenvalue weighted by Crippen LogP contribution is 2.52. The molecule has 1 aromatic carbocycles. The van der Waals surface area contributed by atoms with Gasteiger partial charge in [0.1, 0.15) is 0 Å². The topological polar surface area (TPSA) is 101 Å². The Bertz CT molecular complexity index is 893. The fourth-order valence-electron chi connectivity index (χ4n) is 4.00. The first-order valence-electron chi connectivity index (χ1n) is 8.43. The number of nitriles is 3. The van der Waals surface area contributed by atoms with Gasteiger partial charge in [-0.05, 0) is 29.8 Å². The zero-order valence-corrected chi connectivity index (χ0v) is 15.2. The Labute approximate surface area is 158 Å². The highest BCUT2D eigenvalue weighted by Gasteiger charge is 2.52. The summed E-state index contributed by atoms with van der Waals surface area (Å²) >= 11 is 6.02. The number of nitrogens with zero attached hydrogens (tertiary/aromatic N) is 4. The van der Waals surface area contributed by atoms with Gasteiger partial charge in [-0.3, -0.25) is 4.90 Å². The zero-order chi connectivity index (χ0) is 18.9. The van der Waals surface area contributed by atoms with E-state index in [0.717, 1.165) is 12.1 Å². The summed E-state index contributed by atoms with van der Waals surface area (Å²) in [4.78, 5) is 2.23. The first-order chi connectivity index (χ1) is 12.5. The number of allylic oxidation sites excluding steroid dienone is 2. The second-order valence-corrected chi connectivity index (χ2v) is 7.00. The molecule has 0 bridgehead atoms. The third-order valence-corrected chi connectivity index (χ3v) is 5.65. The van der Waals surface area contributed by atoms with Crippen LogP contribution in [0.25, 0.3) is 0 Å². The molecule has 6 heteroatoms. The number of nitrogens with two attached hydrogens (primary N) is 1. The molecule has 1 aliphatic heterocycles. The van der Waals surface area contributed by atoms with Crippen molar-refractivity contribution in [1.82, 2.24) is 4.90 Å². The Hall–Kier alpha value is -2.78. The summed E-state index contributed by atoms with van der Waals surface area (Å²) in [5.41, 5.74) is 6.66. The van der Waals surface area contributed by atoms with E-state index in [-0.39, 0.29) is 17.5 Å². The minimum absolute atomic E-state index is 0.0531. The number of fused-ring (bicyclic) bond motifs is 1. The van der Waals surface area contributed by atoms with E-state index in [4.69, 9.17) is 17.3 Å². The van der Waals surface area contributed by atoms with Gasteiger partial charge in [-0.1, -0.05) is 36.7 Å². The van der Waals surface area contributed by atoms with E-state index >= 15 is 0 Å². The van der Waals surface area contributed by atoms with Crippen molar-refractivity contribution < 1.29 is 0 Å². The average molecular weight is 364 g/mol. The second kappa shape index (κ2) is 6.85. The van der Waals surface area contributed by atoms with Crippen LogP contribution in [0.15, 0.2) is 47.2 Å². The molecule has 2 unspecified atom stereocenters. The van der Waals surface area contributed by atoms with Gasteiger partial charge in [0.2, 0.25) is 5.41 Å². The van der Waals surface area contributed by atoms with Crippen LogP contribution in [-0.4, -0.2) is 24.5 Å². The molecule has 1 aliphatic carbocycles. The molecule has 2 atom stereocenters. The Morgan fingerprint density at radius 1 is 1.23 bits per heavy atom. The Morgan fingerprint density at radius 2 is 1.88 bits per heavy atom. The normalized spacial score (nSPS) is 24.7. The molecule has 130 valence electrons. The van der Waals surface area contributed by atoms with E-state index in [1.807, 2.05) is 18.2 Å². The molecule has 2 aliphatic rings. The Balaban J connectivity index is 2.28. The van der Waals surface area contributed by atoms with Crippen molar-refractivity contribution in [3.8, 4) is 18.2 Å². The van der Waals surface area contributed by atoms with Gasteiger partial charge < -0.3 is 5.73 Å². The van der Waals surface area contributed by atoms with Crippen molar-refractivity contribution in [2.75, 3.05) is 19.6 Å². The maximum absolute atomic E-state index is 9.82. The fourth-order valence-corrected chi connectivity index (χ4v) is 4.13. The molecule has 3 rings (SSSR count). The van der Waals surface area contributed by atoms with E-state index < -0.39 is 5.41 Å². The van der Waals surface area contributed by atoms with Gasteiger partial charge in [0, 0.05) is 29.9 Å². The number of hydrogen-bond donors (Lipinski definition) is 1.